The molecule has 0 bridgehead atoms. The first kappa shape index (κ1) is 8.27. The molecule has 0 amide bonds. The van der Waals surface area contributed by atoms with E-state index in [1.807, 2.05) is 25.0 Å². The zero-order chi connectivity index (χ0) is 8.10. The summed E-state index contributed by atoms with van der Waals surface area (Å²) in [5, 5.41) is 7.38. The lowest BCUT2D eigenvalue weighted by atomic mass is 10.2. The molecule has 0 spiro atoms. The Morgan fingerprint density at radius 3 is 3.00 bits per heavy atom. The zero-order valence-corrected chi connectivity index (χ0v) is 7.17. The topological polar surface area (TPSA) is 29.9 Å². The van der Waals surface area contributed by atoms with Gasteiger partial charge in [-0.2, -0.15) is 5.10 Å². The van der Waals surface area contributed by atoms with Gasteiger partial charge in [0.1, 0.15) is 0 Å². The average Bonchev–Trinajstić information content (AvgIpc) is 2.37. The van der Waals surface area contributed by atoms with Crippen LogP contribution < -0.4 is 5.32 Å². The van der Waals surface area contributed by atoms with E-state index in [-0.39, 0.29) is 0 Å². The number of aryl methyl sites for hydroxylation is 2. The lowest BCUT2D eigenvalue weighted by Gasteiger charge is -1.95. The predicted molar refractivity (Wildman–Crippen MR) is 45.5 cm³/mol. The number of nitrogens with zero attached hydrogens (tertiary/aromatic N) is 2. The van der Waals surface area contributed by atoms with Gasteiger partial charge in [0, 0.05) is 13.2 Å². The molecule has 0 radical (unpaired) electrons. The summed E-state index contributed by atoms with van der Waals surface area (Å²) in [7, 11) is 3.92. The van der Waals surface area contributed by atoms with Crippen LogP contribution in [-0.2, 0) is 13.5 Å². The second kappa shape index (κ2) is 4.13. The third kappa shape index (κ3) is 2.72. The fourth-order valence-corrected chi connectivity index (χ4v) is 1.04. The summed E-state index contributed by atoms with van der Waals surface area (Å²) in [5.41, 5.74) is 1.18. The maximum Gasteiger partial charge on any atom is 0.0624 e. The van der Waals surface area contributed by atoms with Crippen LogP contribution >= 0.6 is 0 Å². The molecule has 0 unspecified atom stereocenters. The number of rotatable bonds is 4. The van der Waals surface area contributed by atoms with Crippen LogP contribution in [0.3, 0.4) is 0 Å². The van der Waals surface area contributed by atoms with Gasteiger partial charge in [0.15, 0.2) is 0 Å². The Bertz CT molecular complexity index is 205. The van der Waals surface area contributed by atoms with E-state index in [1.165, 1.54) is 5.69 Å². The summed E-state index contributed by atoms with van der Waals surface area (Å²) in [5.74, 6) is 0. The summed E-state index contributed by atoms with van der Waals surface area (Å²) < 4.78 is 1.84. The molecule has 0 aliphatic carbocycles. The number of aromatic nitrogens is 2. The van der Waals surface area contributed by atoms with Gasteiger partial charge in [-0.1, -0.05) is 0 Å². The molecule has 1 heterocycles. The lowest BCUT2D eigenvalue weighted by molar-refractivity contribution is 0.689. The summed E-state index contributed by atoms with van der Waals surface area (Å²) in [6.45, 7) is 1.07. The van der Waals surface area contributed by atoms with Crippen LogP contribution in [0.25, 0.3) is 0 Å². The Kier molecular flexibility index (Phi) is 3.11. The molecule has 62 valence electrons. The normalized spacial score (nSPS) is 10.4. The van der Waals surface area contributed by atoms with E-state index in [9.17, 15) is 0 Å². The van der Waals surface area contributed by atoms with E-state index >= 15 is 0 Å². The predicted octanol–water partition coefficient (Wildman–Crippen LogP) is 0.572. The molecule has 1 N–H and O–H groups in total. The van der Waals surface area contributed by atoms with Gasteiger partial charge in [0.05, 0.1) is 5.69 Å². The fraction of sp³-hybridized carbons (Fsp3) is 0.625. The molecule has 3 heteroatoms. The van der Waals surface area contributed by atoms with Gasteiger partial charge in [-0.25, -0.2) is 0 Å². The van der Waals surface area contributed by atoms with Crippen molar-refractivity contribution in [3.63, 3.8) is 0 Å². The van der Waals surface area contributed by atoms with Crippen LogP contribution in [0.1, 0.15) is 12.1 Å². The molecule has 0 saturated carbocycles. The minimum Gasteiger partial charge on any atom is -0.320 e. The van der Waals surface area contributed by atoms with Crippen LogP contribution in [-0.4, -0.2) is 23.4 Å². The molecule has 0 saturated heterocycles. The van der Waals surface area contributed by atoms with Crippen molar-refractivity contribution in [1.29, 1.82) is 0 Å². The highest BCUT2D eigenvalue weighted by Crippen LogP contribution is 1.97. The van der Waals surface area contributed by atoms with Crippen molar-refractivity contribution >= 4 is 0 Å². The van der Waals surface area contributed by atoms with Crippen molar-refractivity contribution in [2.45, 2.75) is 12.8 Å². The third-order valence-electron chi connectivity index (χ3n) is 1.63. The van der Waals surface area contributed by atoms with Gasteiger partial charge >= 0.3 is 0 Å². The molecule has 1 aromatic rings. The van der Waals surface area contributed by atoms with Crippen molar-refractivity contribution in [2.24, 2.45) is 7.05 Å². The summed E-state index contributed by atoms with van der Waals surface area (Å²) in [6.07, 6.45) is 4.21. The first-order chi connectivity index (χ1) is 5.33. The molecule has 3 nitrogen and oxygen atoms in total. The molecular weight excluding hydrogens is 138 g/mol. The van der Waals surface area contributed by atoms with Crippen LogP contribution in [0, 0.1) is 0 Å². The Hall–Kier alpha value is -0.830. The number of nitrogens with one attached hydrogen (secondary N) is 1. The van der Waals surface area contributed by atoms with Gasteiger partial charge in [-0.15, -0.1) is 0 Å². The van der Waals surface area contributed by atoms with Crippen molar-refractivity contribution in [3.8, 4) is 0 Å². The van der Waals surface area contributed by atoms with Crippen molar-refractivity contribution in [3.05, 3.63) is 18.0 Å². The Labute approximate surface area is 67.4 Å². The lowest BCUT2D eigenvalue weighted by Crippen LogP contribution is -2.08. The fourth-order valence-electron chi connectivity index (χ4n) is 1.04. The second-order valence-electron chi connectivity index (χ2n) is 2.69. The Morgan fingerprint density at radius 1 is 1.64 bits per heavy atom. The van der Waals surface area contributed by atoms with E-state index in [0.717, 1.165) is 19.4 Å². The highest BCUT2D eigenvalue weighted by molar-refractivity contribution is 4.98. The van der Waals surface area contributed by atoms with Gasteiger partial charge in [0.2, 0.25) is 0 Å². The van der Waals surface area contributed by atoms with E-state index in [1.54, 1.807) is 0 Å². The van der Waals surface area contributed by atoms with E-state index in [0.29, 0.717) is 0 Å². The van der Waals surface area contributed by atoms with Crippen molar-refractivity contribution in [1.82, 2.24) is 15.1 Å². The molecule has 1 rings (SSSR count). The quantitative estimate of drug-likeness (QED) is 0.641. The molecule has 0 fully saturated rings. The first-order valence-corrected chi connectivity index (χ1v) is 3.96. The van der Waals surface area contributed by atoms with Crippen molar-refractivity contribution < 1.29 is 0 Å². The number of hydrogen-bond acceptors (Lipinski definition) is 2. The molecule has 0 aromatic carbocycles. The largest absolute Gasteiger partial charge is 0.320 e. The third-order valence-corrected chi connectivity index (χ3v) is 1.63. The van der Waals surface area contributed by atoms with Gasteiger partial charge in [0.25, 0.3) is 0 Å². The molecule has 11 heavy (non-hydrogen) atoms. The van der Waals surface area contributed by atoms with E-state index < -0.39 is 0 Å². The van der Waals surface area contributed by atoms with Gasteiger partial charge in [-0.05, 0) is 32.5 Å². The molecule has 0 aliphatic heterocycles. The van der Waals surface area contributed by atoms with Gasteiger partial charge < -0.3 is 5.32 Å². The summed E-state index contributed by atoms with van der Waals surface area (Å²) >= 11 is 0. The maximum absolute atomic E-state index is 4.27. The highest BCUT2D eigenvalue weighted by atomic mass is 15.2. The minimum absolute atomic E-state index is 1.07. The van der Waals surface area contributed by atoms with Gasteiger partial charge in [-0.3, -0.25) is 4.68 Å². The molecule has 0 atom stereocenters. The summed E-state index contributed by atoms with van der Waals surface area (Å²) in [4.78, 5) is 0. The molecule has 1 aromatic heterocycles. The van der Waals surface area contributed by atoms with E-state index in [2.05, 4.69) is 16.5 Å². The number of hydrogen-bond donors (Lipinski definition) is 1. The van der Waals surface area contributed by atoms with Crippen LogP contribution in [0.4, 0.5) is 0 Å². The van der Waals surface area contributed by atoms with E-state index in [4.69, 9.17) is 0 Å². The average molecular weight is 153 g/mol. The second-order valence-corrected chi connectivity index (χ2v) is 2.69. The Morgan fingerprint density at radius 2 is 2.45 bits per heavy atom. The molecular formula is C8H15N3. The minimum atomic E-state index is 1.07. The summed E-state index contributed by atoms with van der Waals surface area (Å²) in [6, 6.07) is 2.07. The standard InChI is InChI=1S/C8H15N3/c1-9-6-3-4-8-5-7-11(2)10-8/h5,7,9H,3-4,6H2,1-2H3. The molecule has 0 aliphatic rings. The van der Waals surface area contributed by atoms with Crippen LogP contribution in [0.15, 0.2) is 12.3 Å². The monoisotopic (exact) mass is 153 g/mol. The zero-order valence-electron chi connectivity index (χ0n) is 7.17. The smallest absolute Gasteiger partial charge is 0.0624 e. The van der Waals surface area contributed by atoms with Crippen molar-refractivity contribution in [2.75, 3.05) is 13.6 Å². The Balaban J connectivity index is 2.27. The maximum atomic E-state index is 4.27. The SMILES string of the molecule is CNCCCc1ccn(C)n1. The highest BCUT2D eigenvalue weighted by Gasteiger charge is 1.94. The van der Waals surface area contributed by atoms with Crippen LogP contribution in [0.5, 0.6) is 0 Å². The first-order valence-electron chi connectivity index (χ1n) is 3.96. The van der Waals surface area contributed by atoms with Crippen LogP contribution in [0.2, 0.25) is 0 Å².